The molecule has 0 amide bonds. The van der Waals surface area contributed by atoms with Crippen molar-refractivity contribution >= 4 is 66.2 Å². The minimum absolute atomic E-state index is 0.347. The Hall–Kier alpha value is -4.89. The highest BCUT2D eigenvalue weighted by Crippen LogP contribution is 2.33. The molecule has 7 aromatic rings. The van der Waals surface area contributed by atoms with E-state index in [-0.39, 0.29) is 0 Å². The summed E-state index contributed by atoms with van der Waals surface area (Å²) in [6, 6.07) is 16.2. The van der Waals surface area contributed by atoms with Gasteiger partial charge in [-0.05, 0) is 74.2 Å². The van der Waals surface area contributed by atoms with Crippen LogP contribution in [0.5, 0.6) is 0 Å². The van der Waals surface area contributed by atoms with Gasteiger partial charge in [-0.25, -0.2) is 9.97 Å². The van der Waals surface area contributed by atoms with Crippen molar-refractivity contribution in [2.24, 2.45) is 0 Å². The van der Waals surface area contributed by atoms with Gasteiger partial charge in [0.25, 0.3) is 0 Å². The molecule has 15 heteroatoms. The summed E-state index contributed by atoms with van der Waals surface area (Å²) in [5.41, 5.74) is 4.02. The van der Waals surface area contributed by atoms with Crippen LogP contribution < -0.4 is 10.6 Å². The molecule has 0 fully saturated rings. The number of nitrogens with zero attached hydrogens (tertiary/aromatic N) is 8. The second-order valence-electron chi connectivity index (χ2n) is 10.5. The summed E-state index contributed by atoms with van der Waals surface area (Å²) in [6.07, 6.45) is 5.69. The fourth-order valence-electron chi connectivity index (χ4n) is 4.54. The Labute approximate surface area is 283 Å². The third-order valence-electron chi connectivity index (χ3n) is 6.84. The molecule has 0 aliphatic rings. The maximum Gasteiger partial charge on any atom is 0.416 e. The summed E-state index contributed by atoms with van der Waals surface area (Å²) in [5.74, 6) is 1.78. The number of benzene rings is 1. The molecule has 2 N–H and O–H groups in total. The number of hydrogen-bond acceptors (Lipinski definition) is 8. The van der Waals surface area contributed by atoms with Crippen molar-refractivity contribution in [3.8, 4) is 11.3 Å². The van der Waals surface area contributed by atoms with Gasteiger partial charge in [0.05, 0.1) is 44.5 Å². The number of pyridine rings is 2. The second kappa shape index (κ2) is 13.5. The average Bonchev–Trinajstić information content (AvgIpc) is 3.64. The molecule has 7 rings (SSSR count). The number of nitrogens with one attached hydrogen (secondary N) is 2. The summed E-state index contributed by atoms with van der Waals surface area (Å²) >= 11 is 6.86. The lowest BCUT2D eigenvalue weighted by Gasteiger charge is -2.12. The molecular weight excluding hydrogens is 741 g/mol. The number of hydrogen-bond donors (Lipinski definition) is 2. The van der Waals surface area contributed by atoms with E-state index in [0.29, 0.717) is 38.8 Å². The van der Waals surface area contributed by atoms with Gasteiger partial charge in [0.15, 0.2) is 11.3 Å². The molecule has 0 radical (unpaired) electrons. The van der Waals surface area contributed by atoms with E-state index in [0.717, 1.165) is 39.5 Å². The van der Waals surface area contributed by atoms with Crippen molar-refractivity contribution in [2.75, 3.05) is 10.6 Å². The zero-order valence-corrected chi connectivity index (χ0v) is 28.0. The number of fused-ring (bicyclic) bond motifs is 2. The van der Waals surface area contributed by atoms with Crippen molar-refractivity contribution < 1.29 is 13.2 Å². The van der Waals surface area contributed by atoms with Gasteiger partial charge in [0.2, 0.25) is 0 Å². The lowest BCUT2D eigenvalue weighted by Crippen LogP contribution is -2.05. The maximum atomic E-state index is 13.1. The Kier molecular flexibility index (Phi) is 9.18. The second-order valence-corrected chi connectivity index (χ2v) is 12.2. The van der Waals surface area contributed by atoms with Gasteiger partial charge in [-0.15, -0.1) is 0 Å². The zero-order valence-electron chi connectivity index (χ0n) is 24.8. The van der Waals surface area contributed by atoms with E-state index < -0.39 is 11.7 Å². The molecule has 238 valence electrons. The van der Waals surface area contributed by atoms with Gasteiger partial charge < -0.3 is 10.6 Å². The topological polar surface area (TPSA) is 110 Å². The van der Waals surface area contributed by atoms with Gasteiger partial charge >= 0.3 is 6.18 Å². The molecule has 0 saturated carbocycles. The molecule has 0 atom stereocenters. The Balaban J connectivity index is 0.000000172. The highest BCUT2D eigenvalue weighted by Gasteiger charge is 2.30. The number of halogens is 5. The average molecular weight is 766 g/mol. The van der Waals surface area contributed by atoms with Crippen LogP contribution in [-0.4, -0.2) is 39.2 Å². The SMILES string of the molecule is CC(C)c1cc(Nc2ccncc2)n2ncc(Br)c2n1.FC(F)(F)c1cccc(-c2cc(Nc3cccnc3)n3ncc(Br)c3n2)c1. The minimum atomic E-state index is -4.42. The monoisotopic (exact) mass is 764 g/mol. The summed E-state index contributed by atoms with van der Waals surface area (Å²) in [4.78, 5) is 17.2. The van der Waals surface area contributed by atoms with Gasteiger partial charge in [0.1, 0.15) is 11.6 Å². The first-order valence-electron chi connectivity index (χ1n) is 14.2. The third-order valence-corrected chi connectivity index (χ3v) is 7.96. The van der Waals surface area contributed by atoms with Crippen LogP contribution >= 0.6 is 31.9 Å². The number of anilines is 4. The van der Waals surface area contributed by atoms with Crippen LogP contribution in [0.3, 0.4) is 0 Å². The summed E-state index contributed by atoms with van der Waals surface area (Å²) in [5, 5.41) is 15.1. The molecule has 6 heterocycles. The smallest absolute Gasteiger partial charge is 0.340 e. The van der Waals surface area contributed by atoms with Gasteiger partial charge in [-0.1, -0.05) is 26.0 Å². The number of aromatic nitrogens is 8. The summed E-state index contributed by atoms with van der Waals surface area (Å²) in [6.45, 7) is 4.25. The molecule has 10 nitrogen and oxygen atoms in total. The quantitative estimate of drug-likeness (QED) is 0.173. The van der Waals surface area contributed by atoms with Crippen LogP contribution in [0.25, 0.3) is 22.6 Å². The molecule has 0 saturated heterocycles. The van der Waals surface area contributed by atoms with E-state index in [1.54, 1.807) is 64.4 Å². The number of rotatable bonds is 6. The fraction of sp³-hybridized carbons (Fsp3) is 0.125. The number of alkyl halides is 3. The largest absolute Gasteiger partial charge is 0.416 e. The van der Waals surface area contributed by atoms with Crippen LogP contribution in [-0.2, 0) is 6.18 Å². The predicted molar refractivity (Wildman–Crippen MR) is 181 cm³/mol. The molecule has 6 aromatic heterocycles. The van der Waals surface area contributed by atoms with Crippen LogP contribution in [0.2, 0.25) is 0 Å². The van der Waals surface area contributed by atoms with E-state index in [9.17, 15) is 13.2 Å². The van der Waals surface area contributed by atoms with Gasteiger partial charge in [-0.2, -0.15) is 32.4 Å². The van der Waals surface area contributed by atoms with Gasteiger partial charge in [-0.3, -0.25) is 9.97 Å². The van der Waals surface area contributed by atoms with Crippen molar-refractivity contribution in [1.82, 2.24) is 39.2 Å². The molecular formula is C32H25Br2F3N10. The van der Waals surface area contributed by atoms with Crippen LogP contribution in [0.1, 0.15) is 31.0 Å². The fourth-order valence-corrected chi connectivity index (χ4v) is 5.23. The predicted octanol–water partition coefficient (Wildman–Crippen LogP) is 9.07. The maximum absolute atomic E-state index is 13.1. The molecule has 0 spiro atoms. The first kappa shape index (κ1) is 32.1. The summed E-state index contributed by atoms with van der Waals surface area (Å²) < 4.78 is 44.0. The zero-order chi connectivity index (χ0) is 33.1. The van der Waals surface area contributed by atoms with E-state index in [2.05, 4.69) is 86.5 Å². The van der Waals surface area contributed by atoms with Crippen molar-refractivity contribution in [1.29, 1.82) is 0 Å². The standard InChI is InChI=1S/C18H11BrF3N5.C14H14BrN5/c19-14-10-24-27-16(25-13-5-2-6-23-9-13)8-15(26-17(14)27)11-3-1-4-12(7-11)18(20,21)22;1-9(2)12-7-13(18-10-3-5-16-6-4-10)20-14(19-12)11(15)8-17-20/h1-10,25H;3-9H,1-2H3,(H,16,18). The normalized spacial score (nSPS) is 11.5. The Morgan fingerprint density at radius 1 is 0.702 bits per heavy atom. The van der Waals surface area contributed by atoms with E-state index >= 15 is 0 Å². The Morgan fingerprint density at radius 3 is 2.00 bits per heavy atom. The molecule has 1 aromatic carbocycles. The molecule has 0 bridgehead atoms. The van der Waals surface area contributed by atoms with Crippen LogP contribution in [0.4, 0.5) is 36.2 Å². The van der Waals surface area contributed by atoms with E-state index in [1.807, 2.05) is 24.3 Å². The summed E-state index contributed by atoms with van der Waals surface area (Å²) in [7, 11) is 0. The van der Waals surface area contributed by atoms with Gasteiger partial charge in [0, 0.05) is 47.7 Å². The lowest BCUT2D eigenvalue weighted by atomic mass is 10.1. The molecule has 47 heavy (non-hydrogen) atoms. The Morgan fingerprint density at radius 2 is 1.36 bits per heavy atom. The highest BCUT2D eigenvalue weighted by atomic mass is 79.9. The van der Waals surface area contributed by atoms with Crippen LogP contribution in [0.15, 0.2) is 107 Å². The van der Waals surface area contributed by atoms with Crippen molar-refractivity contribution in [2.45, 2.75) is 25.9 Å². The van der Waals surface area contributed by atoms with E-state index in [1.165, 1.54) is 6.07 Å². The van der Waals surface area contributed by atoms with Crippen molar-refractivity contribution in [3.63, 3.8) is 0 Å². The Bertz CT molecular complexity index is 2150. The third kappa shape index (κ3) is 7.25. The van der Waals surface area contributed by atoms with Crippen LogP contribution in [0, 0.1) is 0 Å². The van der Waals surface area contributed by atoms with E-state index in [4.69, 9.17) is 0 Å². The highest BCUT2D eigenvalue weighted by molar-refractivity contribution is 9.11. The molecule has 0 unspecified atom stereocenters. The molecule has 0 aliphatic carbocycles. The lowest BCUT2D eigenvalue weighted by molar-refractivity contribution is -0.137. The first-order chi connectivity index (χ1) is 22.6. The molecule has 0 aliphatic heterocycles. The minimum Gasteiger partial charge on any atom is -0.340 e. The van der Waals surface area contributed by atoms with Crippen molar-refractivity contribution in [3.05, 3.63) is 118 Å². The first-order valence-corrected chi connectivity index (χ1v) is 15.8.